The molecule has 0 radical (unpaired) electrons. The van der Waals surface area contributed by atoms with Crippen LogP contribution in [0.2, 0.25) is 0 Å². The second kappa shape index (κ2) is 9.39. The van der Waals surface area contributed by atoms with E-state index in [0.29, 0.717) is 22.8 Å². The maximum absolute atomic E-state index is 13.2. The van der Waals surface area contributed by atoms with Gasteiger partial charge in [-0.25, -0.2) is 4.98 Å². The van der Waals surface area contributed by atoms with Crippen LogP contribution in [0.3, 0.4) is 0 Å². The average Bonchev–Trinajstić information content (AvgIpc) is 3.16. The molecule has 0 saturated heterocycles. The molecular formula is C24H25N3O3S. The number of hydrogen-bond donors (Lipinski definition) is 1. The largest absolute Gasteiger partial charge is 0.448 e. The monoisotopic (exact) mass is 435 g/mol. The number of carbonyl (C=O) groups excluding carboxylic acids is 1. The lowest BCUT2D eigenvalue weighted by atomic mass is 10.1. The Morgan fingerprint density at radius 3 is 2.71 bits per heavy atom. The van der Waals surface area contributed by atoms with Crippen molar-refractivity contribution in [2.24, 2.45) is 0 Å². The lowest BCUT2D eigenvalue weighted by Gasteiger charge is -2.12. The van der Waals surface area contributed by atoms with E-state index >= 15 is 0 Å². The first-order valence-electron chi connectivity index (χ1n) is 10.5. The van der Waals surface area contributed by atoms with Crippen LogP contribution >= 0.6 is 11.8 Å². The maximum Gasteiger partial charge on any atom is 0.297 e. The second-order valence-corrected chi connectivity index (χ2v) is 8.27. The van der Waals surface area contributed by atoms with Crippen molar-refractivity contribution in [3.8, 4) is 0 Å². The first-order chi connectivity index (χ1) is 15.1. The van der Waals surface area contributed by atoms with E-state index in [4.69, 9.17) is 9.40 Å². The quantitative estimate of drug-likeness (QED) is 0.303. The zero-order valence-corrected chi connectivity index (χ0v) is 18.5. The first kappa shape index (κ1) is 21.2. The van der Waals surface area contributed by atoms with E-state index in [1.807, 2.05) is 48.5 Å². The number of furan rings is 1. The van der Waals surface area contributed by atoms with Crippen LogP contribution in [-0.2, 0) is 17.8 Å². The number of unbranched alkanes of at least 4 members (excludes halogenated alkanes) is 1. The Labute approximate surface area is 184 Å². The third kappa shape index (κ3) is 4.37. The molecular weight excluding hydrogens is 410 g/mol. The molecule has 0 spiro atoms. The lowest BCUT2D eigenvalue weighted by Crippen LogP contribution is -2.24. The van der Waals surface area contributed by atoms with Crippen LogP contribution in [0.25, 0.3) is 22.1 Å². The number of para-hydroxylation sites is 2. The SMILES string of the molecule is CCCCn1c(SCC(=O)Nc2ccccc2CC)nc2c(oc3ccccc32)c1=O. The standard InChI is InChI=1S/C24H25N3O3S/c1-3-5-14-27-23(29)22-21(17-11-7-9-13-19(17)30-22)26-24(27)31-15-20(28)25-18-12-8-6-10-16(18)4-2/h6-13H,3-5,14-15H2,1-2H3,(H,25,28). The molecule has 31 heavy (non-hydrogen) atoms. The molecule has 0 aliphatic heterocycles. The molecule has 0 saturated carbocycles. The minimum Gasteiger partial charge on any atom is -0.448 e. The molecule has 0 atom stereocenters. The van der Waals surface area contributed by atoms with Crippen molar-refractivity contribution in [1.29, 1.82) is 0 Å². The van der Waals surface area contributed by atoms with Gasteiger partial charge in [-0.1, -0.05) is 62.4 Å². The normalized spacial score (nSPS) is 11.3. The number of fused-ring (bicyclic) bond motifs is 3. The van der Waals surface area contributed by atoms with Crippen LogP contribution in [0.15, 0.2) is 62.9 Å². The molecule has 1 amide bonds. The number of nitrogens with zero attached hydrogens (tertiary/aromatic N) is 2. The van der Waals surface area contributed by atoms with E-state index in [-0.39, 0.29) is 22.8 Å². The van der Waals surface area contributed by atoms with Crippen molar-refractivity contribution >= 4 is 45.4 Å². The Kier molecular flexibility index (Phi) is 6.42. The third-order valence-electron chi connectivity index (χ3n) is 5.19. The number of aromatic nitrogens is 2. The maximum atomic E-state index is 13.2. The molecule has 2 aromatic heterocycles. The Hall–Kier alpha value is -3.06. The van der Waals surface area contributed by atoms with Gasteiger partial charge in [0.25, 0.3) is 5.56 Å². The highest BCUT2D eigenvalue weighted by Gasteiger charge is 2.18. The highest BCUT2D eigenvalue weighted by molar-refractivity contribution is 7.99. The Balaban J connectivity index is 1.64. The van der Waals surface area contributed by atoms with Crippen molar-refractivity contribution < 1.29 is 9.21 Å². The van der Waals surface area contributed by atoms with Crippen LogP contribution in [0.5, 0.6) is 0 Å². The molecule has 0 aliphatic rings. The molecule has 1 N–H and O–H groups in total. The number of amides is 1. The van der Waals surface area contributed by atoms with Crippen LogP contribution in [0.1, 0.15) is 32.3 Å². The molecule has 0 unspecified atom stereocenters. The van der Waals surface area contributed by atoms with Gasteiger partial charge in [0.05, 0.1) is 5.75 Å². The molecule has 4 aromatic rings. The number of carbonyl (C=O) groups is 1. The number of anilines is 1. The minimum atomic E-state index is -0.200. The van der Waals surface area contributed by atoms with Gasteiger partial charge in [0.15, 0.2) is 5.16 Å². The molecule has 7 heteroatoms. The van der Waals surface area contributed by atoms with Crippen molar-refractivity contribution in [2.75, 3.05) is 11.1 Å². The summed E-state index contributed by atoms with van der Waals surface area (Å²) in [5, 5.41) is 4.32. The van der Waals surface area contributed by atoms with E-state index < -0.39 is 0 Å². The fraction of sp³-hybridized carbons (Fsp3) is 0.292. The molecule has 0 aliphatic carbocycles. The van der Waals surface area contributed by atoms with Crippen LogP contribution in [0, 0.1) is 0 Å². The fourth-order valence-corrected chi connectivity index (χ4v) is 4.36. The summed E-state index contributed by atoms with van der Waals surface area (Å²) in [6.45, 7) is 4.67. The summed E-state index contributed by atoms with van der Waals surface area (Å²) >= 11 is 1.28. The molecule has 2 heterocycles. The van der Waals surface area contributed by atoms with Gasteiger partial charge >= 0.3 is 0 Å². The van der Waals surface area contributed by atoms with Gasteiger partial charge in [-0.2, -0.15) is 0 Å². The smallest absolute Gasteiger partial charge is 0.297 e. The Morgan fingerprint density at radius 1 is 1.13 bits per heavy atom. The second-order valence-electron chi connectivity index (χ2n) is 7.33. The van der Waals surface area contributed by atoms with Gasteiger partial charge in [0.2, 0.25) is 11.5 Å². The number of rotatable bonds is 8. The molecule has 4 rings (SSSR count). The van der Waals surface area contributed by atoms with E-state index in [1.165, 1.54) is 11.8 Å². The summed E-state index contributed by atoms with van der Waals surface area (Å²) in [5.41, 5.74) is 3.16. The van der Waals surface area contributed by atoms with Crippen molar-refractivity contribution in [2.45, 2.75) is 44.8 Å². The minimum absolute atomic E-state index is 0.126. The fourth-order valence-electron chi connectivity index (χ4n) is 3.54. The summed E-state index contributed by atoms with van der Waals surface area (Å²) in [4.78, 5) is 30.5. The van der Waals surface area contributed by atoms with E-state index in [1.54, 1.807) is 4.57 Å². The number of nitrogens with one attached hydrogen (secondary N) is 1. The van der Waals surface area contributed by atoms with Crippen LogP contribution < -0.4 is 10.9 Å². The van der Waals surface area contributed by atoms with E-state index in [2.05, 4.69) is 19.2 Å². The van der Waals surface area contributed by atoms with Crippen molar-refractivity contribution in [3.05, 3.63) is 64.4 Å². The van der Waals surface area contributed by atoms with Gasteiger partial charge in [-0.05, 0) is 36.6 Å². The van der Waals surface area contributed by atoms with Gasteiger partial charge in [0, 0.05) is 17.6 Å². The van der Waals surface area contributed by atoms with E-state index in [0.717, 1.165) is 35.9 Å². The Bertz CT molecular complexity index is 1290. The predicted molar refractivity (Wildman–Crippen MR) is 126 cm³/mol. The van der Waals surface area contributed by atoms with Gasteiger partial charge in [0.1, 0.15) is 11.1 Å². The molecule has 6 nitrogen and oxygen atoms in total. The van der Waals surface area contributed by atoms with Crippen LogP contribution in [-0.4, -0.2) is 21.2 Å². The van der Waals surface area contributed by atoms with Crippen molar-refractivity contribution in [3.63, 3.8) is 0 Å². The van der Waals surface area contributed by atoms with Crippen molar-refractivity contribution in [1.82, 2.24) is 9.55 Å². The summed E-state index contributed by atoms with van der Waals surface area (Å²) in [7, 11) is 0. The lowest BCUT2D eigenvalue weighted by molar-refractivity contribution is -0.113. The molecule has 2 aromatic carbocycles. The molecule has 0 fully saturated rings. The summed E-state index contributed by atoms with van der Waals surface area (Å²) in [6, 6.07) is 15.3. The predicted octanol–water partition coefficient (Wildman–Crippen LogP) is 5.24. The van der Waals surface area contributed by atoms with Crippen LogP contribution in [0.4, 0.5) is 5.69 Å². The highest BCUT2D eigenvalue weighted by atomic mass is 32.2. The zero-order chi connectivity index (χ0) is 21.8. The Morgan fingerprint density at radius 2 is 1.90 bits per heavy atom. The number of hydrogen-bond acceptors (Lipinski definition) is 5. The summed E-state index contributed by atoms with van der Waals surface area (Å²) in [6.07, 6.45) is 2.63. The summed E-state index contributed by atoms with van der Waals surface area (Å²) in [5.74, 6) is 0.0390. The molecule has 160 valence electrons. The van der Waals surface area contributed by atoms with Gasteiger partial charge < -0.3 is 9.73 Å². The molecule has 0 bridgehead atoms. The summed E-state index contributed by atoms with van der Waals surface area (Å²) < 4.78 is 7.44. The van der Waals surface area contributed by atoms with Gasteiger partial charge in [-0.15, -0.1) is 0 Å². The van der Waals surface area contributed by atoms with Gasteiger partial charge in [-0.3, -0.25) is 14.2 Å². The van der Waals surface area contributed by atoms with E-state index in [9.17, 15) is 9.59 Å². The topological polar surface area (TPSA) is 77.1 Å². The first-order valence-corrected chi connectivity index (χ1v) is 11.5. The zero-order valence-electron chi connectivity index (χ0n) is 17.7. The third-order valence-corrected chi connectivity index (χ3v) is 6.16. The number of aryl methyl sites for hydroxylation is 1. The average molecular weight is 436 g/mol. The number of thioether (sulfide) groups is 1. The number of benzene rings is 2. The highest BCUT2D eigenvalue weighted by Crippen LogP contribution is 2.27.